The van der Waals surface area contributed by atoms with Crippen LogP contribution in [0.25, 0.3) is 0 Å². The Bertz CT molecular complexity index is 232. The van der Waals surface area contributed by atoms with Crippen molar-refractivity contribution >= 4 is 0 Å². The van der Waals surface area contributed by atoms with E-state index in [1.165, 1.54) is 5.57 Å². The van der Waals surface area contributed by atoms with Gasteiger partial charge in [-0.25, -0.2) is 0 Å². The molecule has 2 unspecified atom stereocenters. The van der Waals surface area contributed by atoms with Crippen LogP contribution in [-0.2, 0) is 0 Å². The first-order valence-electron chi connectivity index (χ1n) is 3.96. The average Bonchev–Trinajstić information content (AvgIpc) is 2.45. The Kier molecular flexibility index (Phi) is 1.46. The van der Waals surface area contributed by atoms with Gasteiger partial charge in [-0.05, 0) is 29.6 Å². The predicted octanol–water partition coefficient (Wildman–Crippen LogP) is 1.61. The van der Waals surface area contributed by atoms with E-state index in [-0.39, 0.29) is 0 Å². The fourth-order valence-corrected chi connectivity index (χ4v) is 1.66. The third-order valence-electron chi connectivity index (χ3n) is 2.29. The van der Waals surface area contributed by atoms with Crippen LogP contribution in [0.3, 0.4) is 0 Å². The summed E-state index contributed by atoms with van der Waals surface area (Å²) in [6, 6.07) is 0. The minimum Gasteiger partial charge on any atom is -0.384 e. The molecule has 0 heterocycles. The van der Waals surface area contributed by atoms with Crippen LogP contribution in [0.15, 0.2) is 29.4 Å². The number of rotatable bonds is 0. The number of hydrogen-bond acceptors (Lipinski definition) is 1. The van der Waals surface area contributed by atoms with Gasteiger partial charge in [0.1, 0.15) is 0 Å². The third kappa shape index (κ3) is 0.962. The van der Waals surface area contributed by atoms with Gasteiger partial charge in [0, 0.05) is 0 Å². The summed E-state index contributed by atoms with van der Waals surface area (Å²) in [6.45, 7) is 2.14. The second-order valence-corrected chi connectivity index (χ2v) is 3.07. The second-order valence-electron chi connectivity index (χ2n) is 3.07. The highest BCUT2D eigenvalue weighted by Crippen LogP contribution is 2.32. The largest absolute Gasteiger partial charge is 0.384 e. The van der Waals surface area contributed by atoms with E-state index in [4.69, 9.17) is 0 Å². The van der Waals surface area contributed by atoms with Gasteiger partial charge in [0.25, 0.3) is 0 Å². The van der Waals surface area contributed by atoms with Gasteiger partial charge in [-0.1, -0.05) is 25.2 Å². The molecule has 0 saturated heterocycles. The molecule has 1 N–H and O–H groups in total. The molecule has 0 aromatic rings. The van der Waals surface area contributed by atoms with Gasteiger partial charge in [-0.3, -0.25) is 0 Å². The zero-order valence-electron chi connectivity index (χ0n) is 6.54. The lowest BCUT2D eigenvalue weighted by atomic mass is 9.87. The Morgan fingerprint density at radius 2 is 2.36 bits per heavy atom. The fourth-order valence-electron chi connectivity index (χ4n) is 1.66. The summed E-state index contributed by atoms with van der Waals surface area (Å²) in [5, 5.41) is 9.47. The maximum Gasteiger partial charge on any atom is 0.0977 e. The number of allylic oxidation sites excluding steroid dienone is 3. The first-order chi connectivity index (χ1) is 5.29. The summed E-state index contributed by atoms with van der Waals surface area (Å²) in [5.41, 5.74) is 2.26. The SMILES string of the molecule is CC1C=CC(O)C2=[C]CC=C21. The third-order valence-corrected chi connectivity index (χ3v) is 2.29. The van der Waals surface area contributed by atoms with Crippen molar-refractivity contribution in [2.45, 2.75) is 19.4 Å². The van der Waals surface area contributed by atoms with E-state index in [9.17, 15) is 5.11 Å². The smallest absolute Gasteiger partial charge is 0.0977 e. The molecule has 2 aliphatic carbocycles. The van der Waals surface area contributed by atoms with Crippen molar-refractivity contribution in [3.05, 3.63) is 35.5 Å². The number of hydrogen-bond donors (Lipinski definition) is 1. The highest BCUT2D eigenvalue weighted by molar-refractivity contribution is 5.45. The molecule has 0 saturated carbocycles. The lowest BCUT2D eigenvalue weighted by molar-refractivity contribution is 0.256. The lowest BCUT2D eigenvalue weighted by Crippen LogP contribution is -2.15. The lowest BCUT2D eigenvalue weighted by Gasteiger charge is -2.21. The highest BCUT2D eigenvalue weighted by atomic mass is 16.3. The van der Waals surface area contributed by atoms with Crippen LogP contribution in [0.4, 0.5) is 0 Å². The Balaban J connectivity index is 2.41. The first kappa shape index (κ1) is 6.86. The summed E-state index contributed by atoms with van der Waals surface area (Å²) < 4.78 is 0. The molecular formula is C10H11O. The Morgan fingerprint density at radius 1 is 1.55 bits per heavy atom. The van der Waals surface area contributed by atoms with E-state index in [1.807, 2.05) is 12.2 Å². The molecular weight excluding hydrogens is 136 g/mol. The molecule has 1 nitrogen and oxygen atoms in total. The van der Waals surface area contributed by atoms with Crippen molar-refractivity contribution in [3.63, 3.8) is 0 Å². The minimum absolute atomic E-state index is 0.403. The van der Waals surface area contributed by atoms with Crippen LogP contribution >= 0.6 is 0 Å². The molecule has 57 valence electrons. The summed E-state index contributed by atoms with van der Waals surface area (Å²) in [4.78, 5) is 0. The Labute approximate surface area is 66.7 Å². The summed E-state index contributed by atoms with van der Waals surface area (Å²) >= 11 is 0. The zero-order chi connectivity index (χ0) is 7.84. The molecule has 1 radical (unpaired) electrons. The molecule has 0 amide bonds. The topological polar surface area (TPSA) is 20.2 Å². The van der Waals surface area contributed by atoms with Crippen LogP contribution in [0.1, 0.15) is 13.3 Å². The van der Waals surface area contributed by atoms with Crippen molar-refractivity contribution in [2.75, 3.05) is 0 Å². The molecule has 11 heavy (non-hydrogen) atoms. The van der Waals surface area contributed by atoms with Crippen LogP contribution in [-0.4, -0.2) is 11.2 Å². The Morgan fingerprint density at radius 3 is 3.09 bits per heavy atom. The molecule has 0 spiro atoms. The molecule has 2 rings (SSSR count). The number of fused-ring (bicyclic) bond motifs is 1. The van der Waals surface area contributed by atoms with Crippen molar-refractivity contribution in [3.8, 4) is 0 Å². The van der Waals surface area contributed by atoms with Crippen LogP contribution < -0.4 is 0 Å². The van der Waals surface area contributed by atoms with E-state index in [0.29, 0.717) is 5.92 Å². The van der Waals surface area contributed by atoms with Gasteiger partial charge >= 0.3 is 0 Å². The van der Waals surface area contributed by atoms with Crippen LogP contribution in [0, 0.1) is 12.0 Å². The van der Waals surface area contributed by atoms with Crippen LogP contribution in [0.2, 0.25) is 0 Å². The molecule has 2 atom stereocenters. The van der Waals surface area contributed by atoms with E-state index >= 15 is 0 Å². The van der Waals surface area contributed by atoms with Gasteiger partial charge in [0.2, 0.25) is 0 Å². The second kappa shape index (κ2) is 2.35. The number of aliphatic hydroxyl groups excluding tert-OH is 1. The molecule has 0 aliphatic heterocycles. The average molecular weight is 147 g/mol. The van der Waals surface area contributed by atoms with Gasteiger partial charge in [-0.15, -0.1) is 0 Å². The van der Waals surface area contributed by atoms with E-state index in [1.54, 1.807) is 0 Å². The molecule has 2 aliphatic rings. The van der Waals surface area contributed by atoms with Gasteiger partial charge in [0.15, 0.2) is 0 Å². The molecule has 0 fully saturated rings. The van der Waals surface area contributed by atoms with Crippen molar-refractivity contribution in [2.24, 2.45) is 5.92 Å². The highest BCUT2D eigenvalue weighted by Gasteiger charge is 2.23. The van der Waals surface area contributed by atoms with Crippen molar-refractivity contribution in [1.29, 1.82) is 0 Å². The van der Waals surface area contributed by atoms with E-state index in [2.05, 4.69) is 19.1 Å². The molecule has 0 bridgehead atoms. The van der Waals surface area contributed by atoms with Gasteiger partial charge in [-0.2, -0.15) is 0 Å². The summed E-state index contributed by atoms with van der Waals surface area (Å²) in [5.74, 6) is 0.461. The van der Waals surface area contributed by atoms with Crippen molar-refractivity contribution in [1.82, 2.24) is 0 Å². The van der Waals surface area contributed by atoms with Gasteiger partial charge in [0.05, 0.1) is 6.10 Å². The first-order valence-corrected chi connectivity index (χ1v) is 3.96. The zero-order valence-corrected chi connectivity index (χ0v) is 6.54. The minimum atomic E-state index is -0.403. The predicted molar refractivity (Wildman–Crippen MR) is 43.8 cm³/mol. The quantitative estimate of drug-likeness (QED) is 0.516. The van der Waals surface area contributed by atoms with Gasteiger partial charge < -0.3 is 5.11 Å². The maximum absolute atomic E-state index is 9.47. The summed E-state index contributed by atoms with van der Waals surface area (Å²) in [6.07, 6.45) is 9.66. The van der Waals surface area contributed by atoms with Crippen LogP contribution in [0.5, 0.6) is 0 Å². The fraction of sp³-hybridized carbons (Fsp3) is 0.400. The molecule has 1 heteroatoms. The van der Waals surface area contributed by atoms with Crippen molar-refractivity contribution < 1.29 is 5.11 Å². The molecule has 0 aromatic carbocycles. The van der Waals surface area contributed by atoms with E-state index in [0.717, 1.165) is 12.0 Å². The standard InChI is InChI=1S/C10H11O/c1-7-5-6-10(11)9-4-2-3-8(7)9/h3,5-7,10-11H,2H2,1H3. The normalized spacial score (nSPS) is 34.7. The summed E-state index contributed by atoms with van der Waals surface area (Å²) in [7, 11) is 0. The van der Waals surface area contributed by atoms with E-state index < -0.39 is 6.10 Å². The molecule has 0 aromatic heterocycles. The Hall–Kier alpha value is -0.820. The monoisotopic (exact) mass is 147 g/mol. The maximum atomic E-state index is 9.47. The number of aliphatic hydroxyl groups is 1.